The van der Waals surface area contributed by atoms with Crippen LogP contribution in [0.5, 0.6) is 0 Å². The highest BCUT2D eigenvalue weighted by molar-refractivity contribution is 7.17. The number of anilines is 1. The lowest BCUT2D eigenvalue weighted by atomic mass is 9.95. The minimum Gasteiger partial charge on any atom is -0.481 e. The minimum absolute atomic E-state index is 0.0797. The summed E-state index contributed by atoms with van der Waals surface area (Å²) in [5.41, 5.74) is 1.53. The first-order chi connectivity index (χ1) is 10.9. The highest BCUT2D eigenvalue weighted by Crippen LogP contribution is 2.38. The summed E-state index contributed by atoms with van der Waals surface area (Å²) in [5, 5.41) is 14.8. The van der Waals surface area contributed by atoms with Gasteiger partial charge in [0.05, 0.1) is 12.0 Å². The molecule has 3 N–H and O–H groups in total. The van der Waals surface area contributed by atoms with Gasteiger partial charge in [-0.2, -0.15) is 0 Å². The molecular weight excluding hydrogens is 316 g/mol. The molecular formula is C16H22N2O4S. The van der Waals surface area contributed by atoms with Crippen molar-refractivity contribution in [2.24, 2.45) is 5.92 Å². The summed E-state index contributed by atoms with van der Waals surface area (Å²) in [5.74, 6) is -1.55. The van der Waals surface area contributed by atoms with Crippen molar-refractivity contribution in [1.29, 1.82) is 0 Å². The molecule has 126 valence electrons. The van der Waals surface area contributed by atoms with Crippen molar-refractivity contribution in [3.8, 4) is 0 Å². The predicted octanol–water partition coefficient (Wildman–Crippen LogP) is 2.43. The molecule has 0 aromatic carbocycles. The second kappa shape index (κ2) is 7.59. The number of nitrogens with one attached hydrogen (secondary N) is 2. The average Bonchev–Trinajstić information content (AvgIpc) is 2.84. The van der Waals surface area contributed by atoms with Crippen LogP contribution in [0.1, 0.15) is 53.9 Å². The Kier molecular flexibility index (Phi) is 5.76. The Bertz CT molecular complexity index is 622. The Labute approximate surface area is 139 Å². The van der Waals surface area contributed by atoms with Gasteiger partial charge in [0, 0.05) is 17.3 Å². The van der Waals surface area contributed by atoms with Crippen LogP contribution >= 0.6 is 11.3 Å². The smallest absolute Gasteiger partial charge is 0.305 e. The number of fused-ring (bicyclic) bond motifs is 1. The second-order valence-corrected chi connectivity index (χ2v) is 7.06. The Hall–Kier alpha value is -1.89. The van der Waals surface area contributed by atoms with Crippen LogP contribution in [0, 0.1) is 5.92 Å². The fourth-order valence-electron chi connectivity index (χ4n) is 2.52. The molecule has 0 saturated carbocycles. The molecule has 0 fully saturated rings. The van der Waals surface area contributed by atoms with Crippen LogP contribution in [0.4, 0.5) is 5.00 Å². The van der Waals surface area contributed by atoms with Gasteiger partial charge in [-0.15, -0.1) is 11.3 Å². The number of carbonyl (C=O) groups is 3. The lowest BCUT2D eigenvalue weighted by Crippen LogP contribution is -2.28. The second-order valence-electron chi connectivity index (χ2n) is 5.96. The number of carbonyl (C=O) groups excluding carboxylic acids is 2. The van der Waals surface area contributed by atoms with E-state index in [1.165, 1.54) is 11.3 Å². The summed E-state index contributed by atoms with van der Waals surface area (Å²) in [7, 11) is 0. The number of aliphatic carboxylic acids is 1. The first-order valence-electron chi connectivity index (χ1n) is 7.85. The summed E-state index contributed by atoms with van der Waals surface area (Å²) in [4.78, 5) is 36.2. The molecule has 0 bridgehead atoms. The van der Waals surface area contributed by atoms with Crippen LogP contribution in [0.25, 0.3) is 0 Å². The first kappa shape index (κ1) is 17.5. The highest BCUT2D eigenvalue weighted by Gasteiger charge is 2.26. The van der Waals surface area contributed by atoms with E-state index in [4.69, 9.17) is 5.11 Å². The van der Waals surface area contributed by atoms with E-state index in [2.05, 4.69) is 10.6 Å². The van der Waals surface area contributed by atoms with Gasteiger partial charge in [0.1, 0.15) is 5.00 Å². The van der Waals surface area contributed by atoms with Gasteiger partial charge in [-0.3, -0.25) is 14.4 Å². The van der Waals surface area contributed by atoms with Crippen LogP contribution in [-0.4, -0.2) is 29.4 Å². The number of thiophene rings is 1. The summed E-state index contributed by atoms with van der Waals surface area (Å²) < 4.78 is 0. The Morgan fingerprint density at radius 1 is 1.22 bits per heavy atom. The van der Waals surface area contributed by atoms with Gasteiger partial charge in [-0.1, -0.05) is 13.8 Å². The number of carboxylic acids is 1. The summed E-state index contributed by atoms with van der Waals surface area (Å²) >= 11 is 1.47. The van der Waals surface area contributed by atoms with Crippen LogP contribution in [0.3, 0.4) is 0 Å². The summed E-state index contributed by atoms with van der Waals surface area (Å²) in [6.07, 6.45) is 3.74. The fraction of sp³-hybridized carbons (Fsp3) is 0.562. The van der Waals surface area contributed by atoms with Gasteiger partial charge < -0.3 is 15.7 Å². The third-order valence-electron chi connectivity index (χ3n) is 3.78. The lowest BCUT2D eigenvalue weighted by molar-refractivity contribution is -0.136. The average molecular weight is 338 g/mol. The van der Waals surface area contributed by atoms with Crippen LogP contribution < -0.4 is 10.6 Å². The van der Waals surface area contributed by atoms with E-state index in [1.54, 1.807) is 13.8 Å². The Morgan fingerprint density at radius 2 is 1.91 bits per heavy atom. The van der Waals surface area contributed by atoms with Crippen molar-refractivity contribution in [3.05, 3.63) is 16.0 Å². The quantitative estimate of drug-likeness (QED) is 0.742. The molecule has 1 heterocycles. The normalized spacial score (nSPS) is 13.5. The first-order valence-corrected chi connectivity index (χ1v) is 8.67. The Morgan fingerprint density at radius 3 is 2.57 bits per heavy atom. The molecule has 0 unspecified atom stereocenters. The van der Waals surface area contributed by atoms with E-state index in [1.807, 2.05) is 0 Å². The van der Waals surface area contributed by atoms with Crippen molar-refractivity contribution < 1.29 is 19.5 Å². The van der Waals surface area contributed by atoms with E-state index >= 15 is 0 Å². The zero-order valence-electron chi connectivity index (χ0n) is 13.4. The third-order valence-corrected chi connectivity index (χ3v) is 4.99. The number of amides is 2. The summed E-state index contributed by atoms with van der Waals surface area (Å²) in [6, 6.07) is 0. The van der Waals surface area contributed by atoms with Crippen molar-refractivity contribution in [1.82, 2.24) is 5.32 Å². The molecule has 7 heteroatoms. The molecule has 0 atom stereocenters. The SMILES string of the molecule is CC(C)C(=O)Nc1sc2c(c1C(=O)NCCC(=O)O)CCCC2. The number of carboxylic acid groups (broad SMARTS) is 1. The lowest BCUT2D eigenvalue weighted by Gasteiger charge is -2.13. The molecule has 2 rings (SSSR count). The molecule has 6 nitrogen and oxygen atoms in total. The van der Waals surface area contributed by atoms with Crippen molar-refractivity contribution in [2.45, 2.75) is 46.0 Å². The highest BCUT2D eigenvalue weighted by atomic mass is 32.1. The van der Waals surface area contributed by atoms with E-state index in [-0.39, 0.29) is 30.7 Å². The Balaban J connectivity index is 2.23. The van der Waals surface area contributed by atoms with Gasteiger partial charge in [0.15, 0.2) is 0 Å². The van der Waals surface area contributed by atoms with Crippen molar-refractivity contribution in [3.63, 3.8) is 0 Å². The van der Waals surface area contributed by atoms with E-state index in [0.29, 0.717) is 10.6 Å². The van der Waals surface area contributed by atoms with Gasteiger partial charge in [0.2, 0.25) is 5.91 Å². The monoisotopic (exact) mass is 338 g/mol. The molecule has 1 aromatic heterocycles. The van der Waals surface area contributed by atoms with Crippen molar-refractivity contribution in [2.75, 3.05) is 11.9 Å². The standard InChI is InChI=1S/C16H22N2O4S/c1-9(2)14(21)18-16-13(15(22)17-8-7-12(19)20)10-5-3-4-6-11(10)23-16/h9H,3-8H2,1-2H3,(H,17,22)(H,18,21)(H,19,20). The predicted molar refractivity (Wildman–Crippen MR) is 89.0 cm³/mol. The van der Waals surface area contributed by atoms with Crippen molar-refractivity contribution >= 4 is 34.1 Å². The third kappa shape index (κ3) is 4.31. The molecule has 1 aromatic rings. The number of hydrogen-bond acceptors (Lipinski definition) is 4. The van der Waals surface area contributed by atoms with Gasteiger partial charge >= 0.3 is 5.97 Å². The van der Waals surface area contributed by atoms with E-state index < -0.39 is 5.97 Å². The minimum atomic E-state index is -0.953. The zero-order chi connectivity index (χ0) is 17.0. The maximum Gasteiger partial charge on any atom is 0.305 e. The topological polar surface area (TPSA) is 95.5 Å². The molecule has 0 saturated heterocycles. The van der Waals surface area contributed by atoms with Crippen LogP contribution in [-0.2, 0) is 22.4 Å². The van der Waals surface area contributed by atoms with E-state index in [9.17, 15) is 14.4 Å². The largest absolute Gasteiger partial charge is 0.481 e. The number of aryl methyl sites for hydroxylation is 1. The molecule has 0 aliphatic heterocycles. The van der Waals surface area contributed by atoms with Gasteiger partial charge in [-0.25, -0.2) is 0 Å². The van der Waals surface area contributed by atoms with Gasteiger partial charge in [0.25, 0.3) is 5.91 Å². The fourth-order valence-corrected chi connectivity index (χ4v) is 3.81. The molecule has 0 spiro atoms. The van der Waals surface area contributed by atoms with Crippen LogP contribution in [0.2, 0.25) is 0 Å². The maximum atomic E-state index is 12.5. The van der Waals surface area contributed by atoms with Gasteiger partial charge in [-0.05, 0) is 31.2 Å². The number of hydrogen-bond donors (Lipinski definition) is 3. The van der Waals surface area contributed by atoms with E-state index in [0.717, 1.165) is 36.1 Å². The summed E-state index contributed by atoms with van der Waals surface area (Å²) in [6.45, 7) is 3.68. The molecule has 1 aliphatic rings. The molecule has 23 heavy (non-hydrogen) atoms. The molecule has 1 aliphatic carbocycles. The maximum absolute atomic E-state index is 12.5. The zero-order valence-corrected chi connectivity index (χ0v) is 14.2. The molecule has 2 amide bonds. The molecule has 0 radical (unpaired) electrons. The number of rotatable bonds is 6. The van der Waals surface area contributed by atoms with Crippen LogP contribution in [0.15, 0.2) is 0 Å².